The molecule has 0 rings (SSSR count). The summed E-state index contributed by atoms with van der Waals surface area (Å²) in [6.45, 7) is 16.2. The second-order valence-corrected chi connectivity index (χ2v) is 7.00. The summed E-state index contributed by atoms with van der Waals surface area (Å²) in [6.07, 6.45) is 5.72. The van der Waals surface area contributed by atoms with Gasteiger partial charge < -0.3 is 9.84 Å². The number of hydrogen-bond acceptors (Lipinski definition) is 2. The number of aliphatic hydroxyl groups excluding tert-OH is 1. The lowest BCUT2D eigenvalue weighted by atomic mass is 9.99. The highest BCUT2D eigenvalue weighted by Crippen LogP contribution is 2.17. The fraction of sp³-hybridized carbons (Fsp3) is 1.00. The van der Waals surface area contributed by atoms with E-state index in [4.69, 9.17) is 9.84 Å². The summed E-state index contributed by atoms with van der Waals surface area (Å²) in [5.41, 5.74) is -0.0154. The molecule has 0 fully saturated rings. The van der Waals surface area contributed by atoms with Crippen molar-refractivity contribution in [3.63, 3.8) is 0 Å². The van der Waals surface area contributed by atoms with E-state index in [0.29, 0.717) is 12.5 Å². The summed E-state index contributed by atoms with van der Waals surface area (Å²) in [4.78, 5) is 0. The molecule has 1 atom stereocenters. The molecular weight excluding hydrogens is 236 g/mol. The molecule has 19 heavy (non-hydrogen) atoms. The topological polar surface area (TPSA) is 29.5 Å². The third-order valence-corrected chi connectivity index (χ3v) is 2.60. The van der Waals surface area contributed by atoms with Gasteiger partial charge in [0.05, 0.1) is 12.2 Å². The van der Waals surface area contributed by atoms with Crippen LogP contribution in [0, 0.1) is 11.8 Å². The van der Waals surface area contributed by atoms with Gasteiger partial charge in [-0.3, -0.25) is 0 Å². The standard InChI is InChI=1S/C13H28O2.C4H10/c1-5-12(9-7-6-8-10-14)11-15-13(2,3)4;1-4(2)3/h12,14H,5-11H2,1-4H3;4H,1-3H3/t12-;/m1./s1. The van der Waals surface area contributed by atoms with Gasteiger partial charge in [0.1, 0.15) is 0 Å². The highest BCUT2D eigenvalue weighted by atomic mass is 16.5. The molecule has 118 valence electrons. The second-order valence-electron chi connectivity index (χ2n) is 7.00. The van der Waals surface area contributed by atoms with Gasteiger partial charge in [0.2, 0.25) is 0 Å². The molecule has 0 aliphatic heterocycles. The largest absolute Gasteiger partial charge is 0.396 e. The summed E-state index contributed by atoms with van der Waals surface area (Å²) in [6, 6.07) is 0. The van der Waals surface area contributed by atoms with E-state index in [0.717, 1.165) is 25.4 Å². The predicted octanol–water partition coefficient (Wildman–Crippen LogP) is 5.04. The first-order valence-electron chi connectivity index (χ1n) is 7.97. The Balaban J connectivity index is 0. The maximum absolute atomic E-state index is 8.67. The number of hydrogen-bond donors (Lipinski definition) is 1. The Bertz CT molecular complexity index is 168. The molecule has 2 heteroatoms. The van der Waals surface area contributed by atoms with E-state index >= 15 is 0 Å². The van der Waals surface area contributed by atoms with Gasteiger partial charge in [0.15, 0.2) is 0 Å². The Kier molecular flexibility index (Phi) is 14.4. The Morgan fingerprint density at radius 1 is 1.00 bits per heavy atom. The molecule has 0 bridgehead atoms. The van der Waals surface area contributed by atoms with E-state index in [9.17, 15) is 0 Å². The molecule has 0 radical (unpaired) electrons. The molecule has 2 nitrogen and oxygen atoms in total. The monoisotopic (exact) mass is 274 g/mol. The van der Waals surface area contributed by atoms with Crippen molar-refractivity contribution < 1.29 is 9.84 Å². The maximum Gasteiger partial charge on any atom is 0.0598 e. The van der Waals surface area contributed by atoms with Gasteiger partial charge in [0, 0.05) is 6.61 Å². The molecule has 0 amide bonds. The first kappa shape index (κ1) is 21.2. The van der Waals surface area contributed by atoms with Crippen LogP contribution in [0.3, 0.4) is 0 Å². The third kappa shape index (κ3) is 23.4. The van der Waals surface area contributed by atoms with Crippen LogP contribution in [-0.4, -0.2) is 23.9 Å². The van der Waals surface area contributed by atoms with Crippen LogP contribution in [0.2, 0.25) is 0 Å². The van der Waals surface area contributed by atoms with Crippen LogP contribution in [-0.2, 0) is 4.74 Å². The quantitative estimate of drug-likeness (QED) is 0.628. The van der Waals surface area contributed by atoms with Crippen LogP contribution in [0.15, 0.2) is 0 Å². The Labute approximate surface area is 121 Å². The highest BCUT2D eigenvalue weighted by molar-refractivity contribution is 4.63. The lowest BCUT2D eigenvalue weighted by Gasteiger charge is -2.23. The van der Waals surface area contributed by atoms with Crippen LogP contribution in [0.5, 0.6) is 0 Å². The zero-order valence-corrected chi connectivity index (χ0v) is 14.5. The molecule has 0 aromatic heterocycles. The maximum atomic E-state index is 8.67. The summed E-state index contributed by atoms with van der Waals surface area (Å²) >= 11 is 0. The van der Waals surface area contributed by atoms with Crippen molar-refractivity contribution in [1.82, 2.24) is 0 Å². The first-order chi connectivity index (χ1) is 8.72. The van der Waals surface area contributed by atoms with E-state index in [1.807, 2.05) is 0 Å². The van der Waals surface area contributed by atoms with Gasteiger partial charge in [-0.2, -0.15) is 0 Å². The van der Waals surface area contributed by atoms with Gasteiger partial charge in [-0.15, -0.1) is 0 Å². The minimum Gasteiger partial charge on any atom is -0.396 e. The summed E-state index contributed by atoms with van der Waals surface area (Å²) in [7, 11) is 0. The molecule has 0 aromatic rings. The van der Waals surface area contributed by atoms with Crippen molar-refractivity contribution in [3.05, 3.63) is 0 Å². The Morgan fingerprint density at radius 3 is 1.89 bits per heavy atom. The molecule has 0 unspecified atom stereocenters. The second kappa shape index (κ2) is 12.9. The van der Waals surface area contributed by atoms with Crippen molar-refractivity contribution in [2.45, 2.75) is 86.2 Å². The number of ether oxygens (including phenoxy) is 1. The zero-order chi connectivity index (χ0) is 15.3. The smallest absolute Gasteiger partial charge is 0.0598 e. The average molecular weight is 274 g/mol. The van der Waals surface area contributed by atoms with Crippen LogP contribution >= 0.6 is 0 Å². The van der Waals surface area contributed by atoms with Gasteiger partial charge in [0.25, 0.3) is 0 Å². The minimum absolute atomic E-state index is 0.0154. The van der Waals surface area contributed by atoms with Crippen LogP contribution < -0.4 is 0 Å². The van der Waals surface area contributed by atoms with E-state index in [1.165, 1.54) is 19.3 Å². The molecule has 0 aromatic carbocycles. The molecule has 0 aliphatic carbocycles. The third-order valence-electron chi connectivity index (χ3n) is 2.60. The molecule has 1 N–H and O–H groups in total. The lowest BCUT2D eigenvalue weighted by Crippen LogP contribution is -2.23. The van der Waals surface area contributed by atoms with Gasteiger partial charge >= 0.3 is 0 Å². The Morgan fingerprint density at radius 2 is 1.53 bits per heavy atom. The molecule has 0 aliphatic rings. The van der Waals surface area contributed by atoms with Crippen molar-refractivity contribution >= 4 is 0 Å². The van der Waals surface area contributed by atoms with Gasteiger partial charge in [-0.05, 0) is 45.4 Å². The number of rotatable bonds is 8. The van der Waals surface area contributed by atoms with Crippen LogP contribution in [0.25, 0.3) is 0 Å². The molecule has 0 heterocycles. The van der Waals surface area contributed by atoms with Crippen molar-refractivity contribution in [2.24, 2.45) is 11.8 Å². The Hall–Kier alpha value is -0.0800. The average Bonchev–Trinajstić information content (AvgIpc) is 2.26. The number of aliphatic hydroxyl groups is 1. The highest BCUT2D eigenvalue weighted by Gasteiger charge is 2.13. The van der Waals surface area contributed by atoms with E-state index in [1.54, 1.807) is 0 Å². The van der Waals surface area contributed by atoms with E-state index < -0.39 is 0 Å². The summed E-state index contributed by atoms with van der Waals surface area (Å²) in [5, 5.41) is 8.67. The SMILES string of the molecule is CC(C)C.CC[C@H](CCCCCO)COC(C)(C)C. The fourth-order valence-electron chi connectivity index (χ4n) is 1.49. The van der Waals surface area contributed by atoms with Crippen LogP contribution in [0.4, 0.5) is 0 Å². The van der Waals surface area contributed by atoms with Crippen molar-refractivity contribution in [3.8, 4) is 0 Å². The zero-order valence-electron chi connectivity index (χ0n) is 14.5. The van der Waals surface area contributed by atoms with Crippen molar-refractivity contribution in [2.75, 3.05) is 13.2 Å². The number of unbranched alkanes of at least 4 members (excludes halogenated alkanes) is 2. The van der Waals surface area contributed by atoms with Gasteiger partial charge in [-0.25, -0.2) is 0 Å². The van der Waals surface area contributed by atoms with E-state index in [-0.39, 0.29) is 5.60 Å². The fourth-order valence-corrected chi connectivity index (χ4v) is 1.49. The van der Waals surface area contributed by atoms with E-state index in [2.05, 4.69) is 48.5 Å². The van der Waals surface area contributed by atoms with Crippen molar-refractivity contribution in [1.29, 1.82) is 0 Å². The molecule has 0 spiro atoms. The molecular formula is C17H38O2. The predicted molar refractivity (Wildman–Crippen MR) is 85.6 cm³/mol. The minimum atomic E-state index is -0.0154. The normalized spacial score (nSPS) is 13.1. The van der Waals surface area contributed by atoms with Gasteiger partial charge in [-0.1, -0.05) is 47.0 Å². The molecule has 0 saturated heterocycles. The van der Waals surface area contributed by atoms with Crippen LogP contribution in [0.1, 0.15) is 80.6 Å². The molecule has 0 saturated carbocycles. The summed E-state index contributed by atoms with van der Waals surface area (Å²) < 4.78 is 5.79. The first-order valence-corrected chi connectivity index (χ1v) is 7.97. The lowest BCUT2D eigenvalue weighted by molar-refractivity contribution is -0.0244. The summed E-state index contributed by atoms with van der Waals surface area (Å²) in [5.74, 6) is 1.52.